The standard InChI is InChI=1S/C26H26N2O6S/c1-5-34-26(31)22-16(2)23(24(30)27-18-9-7-6-8-10-18)35-25(22)28-21(29)14-11-17-15-19(32-3)12-13-20(17)33-4/h6-15H,5H2,1-4H3,(H,27,30)(H,28,29)/b14-11+. The third kappa shape index (κ3) is 6.27. The van der Waals surface area contributed by atoms with E-state index < -0.39 is 11.9 Å². The van der Waals surface area contributed by atoms with E-state index in [-0.39, 0.29) is 23.1 Å². The minimum atomic E-state index is -0.617. The van der Waals surface area contributed by atoms with Crippen LogP contribution in [0.15, 0.2) is 54.6 Å². The maximum absolute atomic E-state index is 12.9. The number of ether oxygens (including phenoxy) is 3. The van der Waals surface area contributed by atoms with Crippen LogP contribution in [0.5, 0.6) is 11.5 Å². The van der Waals surface area contributed by atoms with Crippen LogP contribution >= 0.6 is 11.3 Å². The Morgan fingerprint density at radius 3 is 2.40 bits per heavy atom. The molecule has 0 fully saturated rings. The van der Waals surface area contributed by atoms with Crippen molar-refractivity contribution in [2.75, 3.05) is 31.5 Å². The van der Waals surface area contributed by atoms with Crippen LogP contribution in [0.3, 0.4) is 0 Å². The molecular formula is C26H26N2O6S. The van der Waals surface area contributed by atoms with Crippen molar-refractivity contribution in [2.24, 2.45) is 0 Å². The fourth-order valence-electron chi connectivity index (χ4n) is 3.27. The number of nitrogens with one attached hydrogen (secondary N) is 2. The summed E-state index contributed by atoms with van der Waals surface area (Å²) in [6.07, 6.45) is 2.88. The molecule has 0 atom stereocenters. The minimum absolute atomic E-state index is 0.149. The van der Waals surface area contributed by atoms with Crippen LogP contribution < -0.4 is 20.1 Å². The molecule has 0 spiro atoms. The zero-order valence-electron chi connectivity index (χ0n) is 19.8. The van der Waals surface area contributed by atoms with Gasteiger partial charge in [0.2, 0.25) is 5.91 Å². The van der Waals surface area contributed by atoms with E-state index in [9.17, 15) is 14.4 Å². The molecule has 2 aromatic carbocycles. The summed E-state index contributed by atoms with van der Waals surface area (Å²) in [7, 11) is 3.07. The number of carbonyl (C=O) groups is 3. The number of rotatable bonds is 9. The Hall–Kier alpha value is -4.11. The molecule has 182 valence electrons. The Morgan fingerprint density at radius 1 is 1.00 bits per heavy atom. The first-order valence-electron chi connectivity index (χ1n) is 10.8. The fraction of sp³-hybridized carbons (Fsp3) is 0.192. The molecule has 35 heavy (non-hydrogen) atoms. The highest BCUT2D eigenvalue weighted by atomic mass is 32.1. The lowest BCUT2D eigenvalue weighted by Crippen LogP contribution is -2.13. The lowest BCUT2D eigenvalue weighted by atomic mass is 10.1. The number of amides is 2. The average molecular weight is 495 g/mol. The summed E-state index contributed by atoms with van der Waals surface area (Å²) >= 11 is 1.01. The van der Waals surface area contributed by atoms with Gasteiger partial charge in [-0.1, -0.05) is 18.2 Å². The summed E-state index contributed by atoms with van der Waals surface area (Å²) in [5.41, 5.74) is 1.83. The number of methoxy groups -OCH3 is 2. The number of thiophene rings is 1. The quantitative estimate of drug-likeness (QED) is 0.315. The first-order valence-corrected chi connectivity index (χ1v) is 11.6. The van der Waals surface area contributed by atoms with Gasteiger partial charge in [0.25, 0.3) is 5.91 Å². The summed E-state index contributed by atoms with van der Waals surface area (Å²) in [5, 5.41) is 5.74. The van der Waals surface area contributed by atoms with Crippen molar-refractivity contribution in [3.63, 3.8) is 0 Å². The topological polar surface area (TPSA) is 103 Å². The molecule has 0 unspecified atom stereocenters. The highest BCUT2D eigenvalue weighted by Crippen LogP contribution is 2.34. The number of esters is 1. The van der Waals surface area contributed by atoms with E-state index in [1.165, 1.54) is 13.2 Å². The van der Waals surface area contributed by atoms with E-state index in [1.54, 1.807) is 69.5 Å². The first-order chi connectivity index (χ1) is 16.9. The monoisotopic (exact) mass is 494 g/mol. The number of hydrogen-bond acceptors (Lipinski definition) is 7. The van der Waals surface area contributed by atoms with Crippen molar-refractivity contribution in [3.8, 4) is 11.5 Å². The molecule has 0 aliphatic rings. The second-order valence-electron chi connectivity index (χ2n) is 7.23. The SMILES string of the molecule is CCOC(=O)c1c(NC(=O)/C=C/c2cc(OC)ccc2OC)sc(C(=O)Nc2ccccc2)c1C. The average Bonchev–Trinajstić information content (AvgIpc) is 3.18. The zero-order chi connectivity index (χ0) is 25.4. The maximum Gasteiger partial charge on any atom is 0.341 e. The Bertz CT molecular complexity index is 1250. The summed E-state index contributed by atoms with van der Waals surface area (Å²) in [6, 6.07) is 14.2. The smallest absolute Gasteiger partial charge is 0.341 e. The van der Waals surface area contributed by atoms with E-state index in [0.717, 1.165) is 11.3 Å². The third-order valence-electron chi connectivity index (χ3n) is 4.95. The molecule has 3 aromatic rings. The van der Waals surface area contributed by atoms with Crippen LogP contribution in [0.4, 0.5) is 10.7 Å². The summed E-state index contributed by atoms with van der Waals surface area (Å²) in [6.45, 7) is 3.49. The van der Waals surface area contributed by atoms with Crippen LogP contribution in [0, 0.1) is 6.92 Å². The van der Waals surface area contributed by atoms with Gasteiger partial charge in [0, 0.05) is 17.3 Å². The van der Waals surface area contributed by atoms with Crippen molar-refractivity contribution in [1.29, 1.82) is 0 Å². The minimum Gasteiger partial charge on any atom is -0.497 e. The van der Waals surface area contributed by atoms with Crippen molar-refractivity contribution in [2.45, 2.75) is 13.8 Å². The van der Waals surface area contributed by atoms with Gasteiger partial charge in [-0.2, -0.15) is 0 Å². The molecule has 2 amide bonds. The van der Waals surface area contributed by atoms with E-state index in [4.69, 9.17) is 14.2 Å². The molecule has 0 aliphatic heterocycles. The van der Waals surface area contributed by atoms with E-state index >= 15 is 0 Å². The molecule has 0 aliphatic carbocycles. The van der Waals surface area contributed by atoms with Gasteiger partial charge in [0.1, 0.15) is 16.5 Å². The van der Waals surface area contributed by atoms with E-state index in [0.29, 0.717) is 33.2 Å². The first kappa shape index (κ1) is 25.5. The molecule has 0 saturated heterocycles. The summed E-state index contributed by atoms with van der Waals surface area (Å²) in [4.78, 5) is 38.6. The number of para-hydroxylation sites is 1. The molecule has 0 saturated carbocycles. The Balaban J connectivity index is 1.88. The van der Waals surface area contributed by atoms with Crippen LogP contribution in [0.25, 0.3) is 6.08 Å². The molecule has 1 heterocycles. The Kier molecular flexibility index (Phi) is 8.63. The number of benzene rings is 2. The number of hydrogen-bond donors (Lipinski definition) is 2. The number of carbonyl (C=O) groups excluding carboxylic acids is 3. The second-order valence-corrected chi connectivity index (χ2v) is 8.25. The van der Waals surface area contributed by atoms with Crippen molar-refractivity contribution >= 4 is 45.9 Å². The van der Waals surface area contributed by atoms with Gasteiger partial charge < -0.3 is 24.8 Å². The van der Waals surface area contributed by atoms with Crippen LogP contribution in [0.2, 0.25) is 0 Å². The molecule has 0 radical (unpaired) electrons. The van der Waals surface area contributed by atoms with Crippen LogP contribution in [-0.2, 0) is 9.53 Å². The molecule has 2 N–H and O–H groups in total. The van der Waals surface area contributed by atoms with Gasteiger partial charge in [-0.15, -0.1) is 11.3 Å². The maximum atomic E-state index is 12.9. The second kappa shape index (κ2) is 11.8. The molecular weight excluding hydrogens is 468 g/mol. The van der Waals surface area contributed by atoms with Crippen LogP contribution in [-0.4, -0.2) is 38.6 Å². The van der Waals surface area contributed by atoms with Gasteiger partial charge in [-0.3, -0.25) is 9.59 Å². The fourth-order valence-corrected chi connectivity index (χ4v) is 4.36. The van der Waals surface area contributed by atoms with Crippen molar-refractivity contribution < 1.29 is 28.6 Å². The zero-order valence-corrected chi connectivity index (χ0v) is 20.7. The van der Waals surface area contributed by atoms with Gasteiger partial charge in [-0.05, 0) is 55.8 Å². The third-order valence-corrected chi connectivity index (χ3v) is 6.16. The van der Waals surface area contributed by atoms with E-state index in [1.807, 2.05) is 6.07 Å². The van der Waals surface area contributed by atoms with Crippen molar-refractivity contribution in [3.05, 3.63) is 76.2 Å². The van der Waals surface area contributed by atoms with Crippen LogP contribution in [0.1, 0.15) is 38.1 Å². The van der Waals surface area contributed by atoms with Gasteiger partial charge in [0.05, 0.1) is 31.3 Å². The highest BCUT2D eigenvalue weighted by Gasteiger charge is 2.26. The molecule has 3 rings (SSSR count). The van der Waals surface area contributed by atoms with Gasteiger partial charge in [-0.25, -0.2) is 4.79 Å². The Labute approximate surface area is 207 Å². The normalized spacial score (nSPS) is 10.6. The van der Waals surface area contributed by atoms with Crippen molar-refractivity contribution in [1.82, 2.24) is 0 Å². The molecule has 1 aromatic heterocycles. The summed E-state index contributed by atoms with van der Waals surface area (Å²) < 4.78 is 15.7. The number of anilines is 2. The lowest BCUT2D eigenvalue weighted by Gasteiger charge is -2.07. The summed E-state index contributed by atoms with van der Waals surface area (Å²) in [5.74, 6) is -0.320. The molecule has 8 nitrogen and oxygen atoms in total. The van der Waals surface area contributed by atoms with E-state index in [2.05, 4.69) is 10.6 Å². The predicted octanol–water partition coefficient (Wildman–Crippen LogP) is 5.15. The molecule has 0 bridgehead atoms. The predicted molar refractivity (Wildman–Crippen MR) is 137 cm³/mol. The Morgan fingerprint density at radius 2 is 1.74 bits per heavy atom. The van der Waals surface area contributed by atoms with Gasteiger partial charge in [0.15, 0.2) is 0 Å². The lowest BCUT2D eigenvalue weighted by molar-refractivity contribution is -0.111. The highest BCUT2D eigenvalue weighted by molar-refractivity contribution is 7.19. The largest absolute Gasteiger partial charge is 0.497 e. The van der Waals surface area contributed by atoms with Gasteiger partial charge >= 0.3 is 5.97 Å². The molecule has 9 heteroatoms.